The quantitative estimate of drug-likeness (QED) is 0.349. The fourth-order valence-electron chi connectivity index (χ4n) is 1.27. The number of quaternary nitrogens is 1. The van der Waals surface area contributed by atoms with E-state index in [1.807, 2.05) is 21.1 Å². The predicted octanol–water partition coefficient (Wildman–Crippen LogP) is 2.07. The van der Waals surface area contributed by atoms with Gasteiger partial charge in [0.1, 0.15) is 13.2 Å². The molecule has 0 radical (unpaired) electrons. The highest BCUT2D eigenvalue weighted by molar-refractivity contribution is 7.48. The highest BCUT2D eigenvalue weighted by Crippen LogP contribution is 2.28. The van der Waals surface area contributed by atoms with Gasteiger partial charge in [0.05, 0.1) is 36.4 Å². The maximum atomic E-state index is 11.9. The van der Waals surface area contributed by atoms with Crippen molar-refractivity contribution in [2.24, 2.45) is 0 Å². The highest BCUT2D eigenvalue weighted by Gasteiger charge is 2.15. The summed E-state index contributed by atoms with van der Waals surface area (Å²) in [7, 11) is 3.52. The number of halogens is 1. The van der Waals surface area contributed by atoms with E-state index in [1.165, 1.54) is 18.2 Å². The van der Waals surface area contributed by atoms with Crippen molar-refractivity contribution in [2.45, 2.75) is 0 Å². The lowest BCUT2D eigenvalue weighted by Crippen LogP contribution is -2.37. The Hall–Kier alpha value is -0.940. The van der Waals surface area contributed by atoms with Crippen molar-refractivity contribution in [1.82, 2.24) is 0 Å². The van der Waals surface area contributed by atoms with Gasteiger partial charge in [-0.2, -0.15) is 0 Å². The summed E-state index contributed by atoms with van der Waals surface area (Å²) in [6, 6.07) is 3.84. The molecule has 0 amide bonds. The molecule has 8 heteroatoms. The van der Waals surface area contributed by atoms with Gasteiger partial charge in [-0.15, -0.1) is 0 Å². The van der Waals surface area contributed by atoms with Crippen LogP contribution in [0.25, 0.3) is 0 Å². The number of likely N-dealkylation sites (N-methyl/N-ethyl adjacent to an activating group) is 1. The number of rotatable bonds is 6. The number of nitro benzene ring substituents is 1. The topological polar surface area (TPSA) is 69.4 Å². The lowest BCUT2D eigenvalue weighted by atomic mass is 10.3. The second-order valence-electron chi connectivity index (χ2n) is 5.07. The minimum absolute atomic E-state index is 0.100. The van der Waals surface area contributed by atoms with Crippen LogP contribution < -0.4 is 5.30 Å². The van der Waals surface area contributed by atoms with E-state index < -0.39 is 13.0 Å². The molecule has 0 aromatic heterocycles. The summed E-state index contributed by atoms with van der Waals surface area (Å²) in [5.41, 5.74) is -0.130. The zero-order valence-electron chi connectivity index (χ0n) is 11.1. The normalized spacial score (nSPS) is 13.3. The number of nitro groups is 1. The first-order chi connectivity index (χ1) is 8.70. The molecule has 1 aromatic rings. The van der Waals surface area contributed by atoms with E-state index >= 15 is 0 Å². The Bertz CT molecular complexity index is 502. The number of non-ortho nitro benzene ring substituents is 1. The molecule has 0 spiro atoms. The van der Waals surface area contributed by atoms with E-state index in [0.29, 0.717) is 22.9 Å². The van der Waals surface area contributed by atoms with Crippen LogP contribution in [-0.2, 0) is 9.09 Å². The molecule has 0 heterocycles. The standard InChI is InChI=1S/C11H17ClN2O4P/c1-14(2,3)6-7-18-19(17)11-5-4-9(13(15)16)8-10(11)12/h4-5,8,19H,6-7H2,1-3H3/q+1. The molecule has 1 atom stereocenters. The van der Waals surface area contributed by atoms with Gasteiger partial charge in [0.2, 0.25) is 8.03 Å². The minimum atomic E-state index is -2.48. The summed E-state index contributed by atoms with van der Waals surface area (Å²) in [6.45, 7) is 1.05. The van der Waals surface area contributed by atoms with Gasteiger partial charge < -0.3 is 9.01 Å². The van der Waals surface area contributed by atoms with Crippen LogP contribution in [0.15, 0.2) is 18.2 Å². The van der Waals surface area contributed by atoms with Crippen molar-refractivity contribution < 1.29 is 18.5 Å². The third-order valence-corrected chi connectivity index (χ3v) is 4.19. The summed E-state index contributed by atoms with van der Waals surface area (Å²) in [5.74, 6) is 0. The number of benzene rings is 1. The van der Waals surface area contributed by atoms with Crippen LogP contribution in [0.5, 0.6) is 0 Å². The first-order valence-electron chi connectivity index (χ1n) is 5.62. The second kappa shape index (κ2) is 6.48. The van der Waals surface area contributed by atoms with Gasteiger partial charge in [-0.05, 0) is 6.07 Å². The molecule has 106 valence electrons. The predicted molar refractivity (Wildman–Crippen MR) is 75.6 cm³/mol. The highest BCUT2D eigenvalue weighted by atomic mass is 35.5. The van der Waals surface area contributed by atoms with E-state index in [-0.39, 0.29) is 10.7 Å². The molecule has 0 N–H and O–H groups in total. The summed E-state index contributed by atoms with van der Waals surface area (Å²) < 4.78 is 17.9. The number of hydrogen-bond acceptors (Lipinski definition) is 4. The van der Waals surface area contributed by atoms with Crippen LogP contribution in [0, 0.1) is 10.1 Å². The molecule has 0 saturated carbocycles. The van der Waals surface area contributed by atoms with E-state index in [0.717, 1.165) is 0 Å². The Morgan fingerprint density at radius 1 is 1.42 bits per heavy atom. The van der Waals surface area contributed by atoms with Crippen LogP contribution >= 0.6 is 19.6 Å². The van der Waals surface area contributed by atoms with Gasteiger partial charge in [-0.25, -0.2) is 0 Å². The molecule has 0 fully saturated rings. The van der Waals surface area contributed by atoms with Crippen LogP contribution in [0.4, 0.5) is 5.69 Å². The molecule has 1 rings (SSSR count). The molecule has 0 aliphatic rings. The van der Waals surface area contributed by atoms with Crippen molar-refractivity contribution in [2.75, 3.05) is 34.3 Å². The first kappa shape index (κ1) is 16.1. The molecule has 0 saturated heterocycles. The Morgan fingerprint density at radius 2 is 2.05 bits per heavy atom. The zero-order chi connectivity index (χ0) is 14.6. The van der Waals surface area contributed by atoms with Gasteiger partial charge in [-0.1, -0.05) is 11.6 Å². The molecule has 6 nitrogen and oxygen atoms in total. The molecule has 0 bridgehead atoms. The molecule has 1 aromatic carbocycles. The lowest BCUT2D eigenvalue weighted by molar-refractivity contribution is -0.870. The smallest absolute Gasteiger partial charge is 0.270 e. The lowest BCUT2D eigenvalue weighted by Gasteiger charge is -2.23. The average molecular weight is 308 g/mol. The van der Waals surface area contributed by atoms with Crippen molar-refractivity contribution in [3.05, 3.63) is 33.3 Å². The van der Waals surface area contributed by atoms with E-state index in [2.05, 4.69) is 0 Å². The van der Waals surface area contributed by atoms with Crippen LogP contribution in [0.2, 0.25) is 5.02 Å². The van der Waals surface area contributed by atoms with Crippen molar-refractivity contribution in [1.29, 1.82) is 0 Å². The van der Waals surface area contributed by atoms with Crippen LogP contribution in [0.1, 0.15) is 0 Å². The monoisotopic (exact) mass is 307 g/mol. The Labute approximate surface area is 117 Å². The maximum absolute atomic E-state index is 11.9. The number of hydrogen-bond donors (Lipinski definition) is 0. The van der Waals surface area contributed by atoms with Gasteiger partial charge in [-0.3, -0.25) is 14.7 Å². The number of nitrogens with zero attached hydrogens (tertiary/aromatic N) is 2. The van der Waals surface area contributed by atoms with E-state index in [4.69, 9.17) is 16.1 Å². The largest absolute Gasteiger partial charge is 0.329 e. The van der Waals surface area contributed by atoms with E-state index in [9.17, 15) is 14.7 Å². The molecule has 0 aliphatic carbocycles. The van der Waals surface area contributed by atoms with Crippen molar-refractivity contribution in [3.63, 3.8) is 0 Å². The Morgan fingerprint density at radius 3 is 2.53 bits per heavy atom. The average Bonchev–Trinajstić information content (AvgIpc) is 2.26. The fraction of sp³-hybridized carbons (Fsp3) is 0.455. The van der Waals surface area contributed by atoms with Gasteiger partial charge in [0, 0.05) is 12.1 Å². The fourth-order valence-corrected chi connectivity index (χ4v) is 2.60. The molecule has 19 heavy (non-hydrogen) atoms. The van der Waals surface area contributed by atoms with Crippen molar-refractivity contribution >= 4 is 30.6 Å². The maximum Gasteiger partial charge on any atom is 0.270 e. The van der Waals surface area contributed by atoms with Gasteiger partial charge >= 0.3 is 0 Å². The summed E-state index contributed by atoms with van der Waals surface area (Å²) >= 11 is 5.87. The first-order valence-corrected chi connectivity index (χ1v) is 7.32. The Kier molecular flexibility index (Phi) is 5.50. The third-order valence-electron chi connectivity index (χ3n) is 2.38. The van der Waals surface area contributed by atoms with Gasteiger partial charge in [0.25, 0.3) is 5.69 Å². The Balaban J connectivity index is 2.70. The SMILES string of the molecule is C[N+](C)(C)CCO[PH](=O)c1ccc([N+](=O)[O-])cc1Cl. The molecule has 1 unspecified atom stereocenters. The van der Waals surface area contributed by atoms with E-state index in [1.54, 1.807) is 0 Å². The zero-order valence-corrected chi connectivity index (χ0v) is 12.8. The van der Waals surface area contributed by atoms with Crippen molar-refractivity contribution in [3.8, 4) is 0 Å². The van der Waals surface area contributed by atoms with Gasteiger partial charge in [0.15, 0.2) is 0 Å². The molecule has 0 aliphatic heterocycles. The summed E-state index contributed by atoms with van der Waals surface area (Å²) in [4.78, 5) is 10.0. The minimum Gasteiger partial charge on any atom is -0.329 e. The third kappa shape index (κ3) is 5.28. The molecular weight excluding hydrogens is 291 g/mol. The second-order valence-corrected chi connectivity index (χ2v) is 6.88. The summed E-state index contributed by atoms with van der Waals surface area (Å²) in [6.07, 6.45) is 0. The molecular formula is C11H17ClN2O4P+. The van der Waals surface area contributed by atoms with Crippen LogP contribution in [0.3, 0.4) is 0 Å². The summed E-state index contributed by atoms with van der Waals surface area (Å²) in [5, 5.41) is 11.0. The van der Waals surface area contributed by atoms with Crippen LogP contribution in [-0.4, -0.2) is 43.7 Å².